The first-order valence-corrected chi connectivity index (χ1v) is 5.01. The van der Waals surface area contributed by atoms with E-state index in [9.17, 15) is 0 Å². The van der Waals surface area contributed by atoms with Crippen LogP contribution in [0.2, 0.25) is 0 Å². The van der Waals surface area contributed by atoms with Crippen molar-refractivity contribution in [1.82, 2.24) is 0 Å². The largest absolute Gasteiger partial charge is 0.299 e. The monoisotopic (exact) mass is 207 g/mol. The second kappa shape index (κ2) is 3.52. The van der Waals surface area contributed by atoms with Crippen molar-refractivity contribution in [2.45, 2.75) is 12.8 Å². The van der Waals surface area contributed by atoms with E-state index in [1.165, 1.54) is 0 Å². The number of nitrogens with zero attached hydrogens (tertiary/aromatic N) is 1. The topological polar surface area (TPSA) is 3.24 Å². The molecule has 1 saturated heterocycles. The molecule has 0 radical (unpaired) electrons. The molecule has 66 valence electrons. The summed E-state index contributed by atoms with van der Waals surface area (Å²) in [4.78, 5) is 3.87. The molecule has 1 nitrogen and oxygen atoms in total. The Bertz CT molecular complexity index is 329. The van der Waals surface area contributed by atoms with Crippen molar-refractivity contribution in [3.05, 3.63) is 30.3 Å². The van der Waals surface area contributed by atoms with E-state index < -0.39 is 0 Å². The van der Waals surface area contributed by atoms with E-state index in [1.807, 2.05) is 35.2 Å². The van der Waals surface area contributed by atoms with Crippen LogP contribution in [-0.4, -0.2) is 9.98 Å². The smallest absolute Gasteiger partial charge is 0.0877 e. The van der Waals surface area contributed by atoms with Gasteiger partial charge in [-0.1, -0.05) is 42.6 Å². The first-order valence-electron chi connectivity index (χ1n) is 4.20. The van der Waals surface area contributed by atoms with Gasteiger partial charge < -0.3 is 0 Å². The van der Waals surface area contributed by atoms with E-state index >= 15 is 0 Å². The molecule has 2 rings (SSSR count). The third-order valence-corrected chi connectivity index (χ3v) is 2.84. The average Bonchev–Trinajstić information content (AvgIpc) is 2.48. The fourth-order valence-electron chi connectivity index (χ4n) is 1.44. The Balaban J connectivity index is 2.36. The highest BCUT2D eigenvalue weighted by Gasteiger charge is 2.23. The van der Waals surface area contributed by atoms with E-state index in [0.717, 1.165) is 28.5 Å². The standard InChI is InChI=1S/C10H9NS2/c12-9-6-7-10(13)11(9)8-4-2-1-3-5-8/h1-5H,6-7H2. The minimum absolute atomic E-state index is 0.920. The SMILES string of the molecule is S=C1CCC(=S)N1c1ccccc1. The molecule has 1 aliphatic heterocycles. The first kappa shape index (κ1) is 8.78. The molecule has 0 spiro atoms. The number of hydrogen-bond donors (Lipinski definition) is 0. The van der Waals surface area contributed by atoms with Crippen LogP contribution >= 0.6 is 24.4 Å². The van der Waals surface area contributed by atoms with Gasteiger partial charge in [0.05, 0.1) is 9.98 Å². The van der Waals surface area contributed by atoms with Crippen LogP contribution < -0.4 is 4.90 Å². The first-order chi connectivity index (χ1) is 6.29. The van der Waals surface area contributed by atoms with Crippen LogP contribution in [0, 0.1) is 0 Å². The molecular weight excluding hydrogens is 198 g/mol. The van der Waals surface area contributed by atoms with E-state index in [0.29, 0.717) is 0 Å². The molecule has 0 bridgehead atoms. The highest BCUT2D eigenvalue weighted by Crippen LogP contribution is 2.23. The third-order valence-electron chi connectivity index (χ3n) is 2.07. The number of benzene rings is 1. The molecule has 1 aromatic rings. The summed E-state index contributed by atoms with van der Waals surface area (Å²) in [6.45, 7) is 0. The normalized spacial score (nSPS) is 16.8. The van der Waals surface area contributed by atoms with Crippen molar-refractivity contribution in [2.75, 3.05) is 4.90 Å². The quantitative estimate of drug-likeness (QED) is 0.652. The molecule has 0 aromatic heterocycles. The van der Waals surface area contributed by atoms with Gasteiger partial charge in [-0.15, -0.1) is 0 Å². The van der Waals surface area contributed by atoms with Crippen LogP contribution in [-0.2, 0) is 0 Å². The highest BCUT2D eigenvalue weighted by atomic mass is 32.1. The summed E-state index contributed by atoms with van der Waals surface area (Å²) in [5.74, 6) is 0. The number of anilines is 1. The van der Waals surface area contributed by atoms with Crippen LogP contribution in [0.15, 0.2) is 30.3 Å². The molecule has 0 N–H and O–H groups in total. The van der Waals surface area contributed by atoms with E-state index in [4.69, 9.17) is 24.4 Å². The predicted molar refractivity (Wildman–Crippen MR) is 63.4 cm³/mol. The Labute approximate surface area is 88.4 Å². The second-order valence-electron chi connectivity index (χ2n) is 2.96. The van der Waals surface area contributed by atoms with Gasteiger partial charge in [-0.25, -0.2) is 0 Å². The van der Waals surface area contributed by atoms with Gasteiger partial charge in [-0.3, -0.25) is 4.90 Å². The fraction of sp³-hybridized carbons (Fsp3) is 0.200. The Hall–Kier alpha value is -0.800. The fourth-order valence-corrected chi connectivity index (χ4v) is 2.13. The molecule has 0 unspecified atom stereocenters. The molecule has 0 amide bonds. The van der Waals surface area contributed by atoms with E-state index in [1.54, 1.807) is 0 Å². The molecule has 0 atom stereocenters. The molecule has 3 heteroatoms. The summed E-state index contributed by atoms with van der Waals surface area (Å²) >= 11 is 10.5. The van der Waals surface area contributed by atoms with Gasteiger partial charge in [0.1, 0.15) is 0 Å². The van der Waals surface area contributed by atoms with Gasteiger partial charge in [0.15, 0.2) is 0 Å². The average molecular weight is 207 g/mol. The molecule has 0 aliphatic carbocycles. The molecule has 1 heterocycles. The number of para-hydroxylation sites is 1. The van der Waals surface area contributed by atoms with Gasteiger partial charge in [-0.05, 0) is 12.1 Å². The lowest BCUT2D eigenvalue weighted by atomic mass is 10.3. The van der Waals surface area contributed by atoms with Crippen molar-refractivity contribution in [2.24, 2.45) is 0 Å². The molecule has 13 heavy (non-hydrogen) atoms. The Morgan fingerprint density at radius 1 is 0.923 bits per heavy atom. The second-order valence-corrected chi connectivity index (χ2v) is 3.90. The van der Waals surface area contributed by atoms with Gasteiger partial charge in [0.2, 0.25) is 0 Å². The summed E-state index contributed by atoms with van der Waals surface area (Å²) < 4.78 is 0. The Morgan fingerprint density at radius 2 is 1.46 bits per heavy atom. The van der Waals surface area contributed by atoms with Crippen molar-refractivity contribution in [1.29, 1.82) is 0 Å². The lowest BCUT2D eigenvalue weighted by Crippen LogP contribution is -2.25. The lowest BCUT2D eigenvalue weighted by molar-refractivity contribution is 1.23. The van der Waals surface area contributed by atoms with Crippen LogP contribution in [0.5, 0.6) is 0 Å². The molecule has 0 saturated carbocycles. The lowest BCUT2D eigenvalue weighted by Gasteiger charge is -2.17. The molecule has 1 aliphatic rings. The molecule has 1 aromatic carbocycles. The van der Waals surface area contributed by atoms with Gasteiger partial charge in [0.25, 0.3) is 0 Å². The summed E-state index contributed by atoms with van der Waals surface area (Å²) in [5.41, 5.74) is 1.09. The number of hydrogen-bond acceptors (Lipinski definition) is 2. The summed E-state index contributed by atoms with van der Waals surface area (Å²) in [5, 5.41) is 0. The van der Waals surface area contributed by atoms with Crippen LogP contribution in [0.25, 0.3) is 0 Å². The van der Waals surface area contributed by atoms with Crippen molar-refractivity contribution in [3.63, 3.8) is 0 Å². The molecular formula is C10H9NS2. The maximum atomic E-state index is 5.24. The Kier molecular flexibility index (Phi) is 2.38. The summed E-state index contributed by atoms with van der Waals surface area (Å²) in [6, 6.07) is 10.1. The maximum Gasteiger partial charge on any atom is 0.0877 e. The zero-order valence-corrected chi connectivity index (χ0v) is 8.70. The minimum atomic E-state index is 0.920. The van der Waals surface area contributed by atoms with E-state index in [2.05, 4.69) is 0 Å². The van der Waals surface area contributed by atoms with Gasteiger partial charge in [-0.2, -0.15) is 0 Å². The minimum Gasteiger partial charge on any atom is -0.299 e. The van der Waals surface area contributed by atoms with E-state index in [-0.39, 0.29) is 0 Å². The van der Waals surface area contributed by atoms with Crippen LogP contribution in [0.3, 0.4) is 0 Å². The maximum absolute atomic E-state index is 5.24. The zero-order valence-electron chi connectivity index (χ0n) is 7.06. The van der Waals surface area contributed by atoms with Gasteiger partial charge in [0, 0.05) is 18.5 Å². The van der Waals surface area contributed by atoms with Gasteiger partial charge >= 0.3 is 0 Å². The summed E-state index contributed by atoms with van der Waals surface area (Å²) in [7, 11) is 0. The number of thiocarbonyl (C=S) groups is 2. The van der Waals surface area contributed by atoms with Crippen LogP contribution in [0.4, 0.5) is 5.69 Å². The van der Waals surface area contributed by atoms with Crippen molar-refractivity contribution < 1.29 is 0 Å². The van der Waals surface area contributed by atoms with Crippen molar-refractivity contribution in [3.8, 4) is 0 Å². The Morgan fingerprint density at radius 3 is 2.00 bits per heavy atom. The molecule has 1 fully saturated rings. The summed E-state index contributed by atoms with van der Waals surface area (Å²) in [6.07, 6.45) is 1.84. The van der Waals surface area contributed by atoms with Crippen molar-refractivity contribution >= 4 is 40.1 Å². The third kappa shape index (κ3) is 1.62. The zero-order chi connectivity index (χ0) is 9.26. The highest BCUT2D eigenvalue weighted by molar-refractivity contribution is 7.82. The number of rotatable bonds is 1. The van der Waals surface area contributed by atoms with Crippen LogP contribution in [0.1, 0.15) is 12.8 Å². The predicted octanol–water partition coefficient (Wildman–Crippen LogP) is 2.94.